The first-order valence-electron chi connectivity index (χ1n) is 7.10. The van der Waals surface area contributed by atoms with Crippen LogP contribution in [0.15, 0.2) is 6.07 Å². The normalized spacial score (nSPS) is 20.0. The Bertz CT molecular complexity index is 420. The number of nitrogen functional groups attached to an aromatic ring is 1. The zero-order chi connectivity index (χ0) is 13.8. The lowest BCUT2D eigenvalue weighted by atomic mass is 9.95. The molecule has 0 spiro atoms. The van der Waals surface area contributed by atoms with Gasteiger partial charge >= 0.3 is 0 Å². The number of aliphatic hydroxyl groups is 1. The number of anilines is 2. The summed E-state index contributed by atoms with van der Waals surface area (Å²) in [5, 5.41) is 9.07. The molecule has 2 heterocycles. The zero-order valence-corrected chi connectivity index (χ0v) is 11.8. The smallest absolute Gasteiger partial charge is 0.135 e. The fourth-order valence-electron chi connectivity index (χ4n) is 2.58. The summed E-state index contributed by atoms with van der Waals surface area (Å²) in [6.07, 6.45) is 3.20. The van der Waals surface area contributed by atoms with Gasteiger partial charge in [0.1, 0.15) is 17.5 Å². The maximum absolute atomic E-state index is 9.07. The van der Waals surface area contributed by atoms with Gasteiger partial charge in [-0.05, 0) is 25.2 Å². The van der Waals surface area contributed by atoms with Crippen molar-refractivity contribution in [3.8, 4) is 0 Å². The summed E-state index contributed by atoms with van der Waals surface area (Å²) in [6, 6.07) is 1.85. The molecule has 0 aromatic carbocycles. The van der Waals surface area contributed by atoms with Gasteiger partial charge in [-0.2, -0.15) is 0 Å². The largest absolute Gasteiger partial charge is 0.396 e. The van der Waals surface area contributed by atoms with E-state index >= 15 is 0 Å². The molecule has 0 amide bonds. The predicted molar refractivity (Wildman–Crippen MR) is 77.2 cm³/mol. The minimum absolute atomic E-state index is 0.266. The molecule has 1 aromatic rings. The highest BCUT2D eigenvalue weighted by molar-refractivity contribution is 5.47. The van der Waals surface area contributed by atoms with E-state index < -0.39 is 0 Å². The van der Waals surface area contributed by atoms with Crippen LogP contribution < -0.4 is 10.6 Å². The number of hydrogen-bond donors (Lipinski definition) is 2. The molecule has 1 aromatic heterocycles. The van der Waals surface area contributed by atoms with Gasteiger partial charge in [0.2, 0.25) is 0 Å². The van der Waals surface area contributed by atoms with Gasteiger partial charge in [0.25, 0.3) is 0 Å². The molecule has 5 nitrogen and oxygen atoms in total. The Kier molecular flexibility index (Phi) is 4.58. The monoisotopic (exact) mass is 264 g/mol. The number of nitrogens with two attached hydrogens (primary N) is 1. The topological polar surface area (TPSA) is 75.3 Å². The molecule has 0 radical (unpaired) electrons. The van der Waals surface area contributed by atoms with Crippen LogP contribution in [0.5, 0.6) is 0 Å². The quantitative estimate of drug-likeness (QED) is 0.867. The summed E-state index contributed by atoms with van der Waals surface area (Å²) >= 11 is 0. The summed E-state index contributed by atoms with van der Waals surface area (Å²) in [7, 11) is 0. The van der Waals surface area contributed by atoms with Crippen LogP contribution in [-0.2, 0) is 0 Å². The average Bonchev–Trinajstić information content (AvgIpc) is 2.38. The number of piperidine rings is 1. The molecule has 1 fully saturated rings. The van der Waals surface area contributed by atoms with Crippen LogP contribution >= 0.6 is 0 Å². The summed E-state index contributed by atoms with van der Waals surface area (Å²) in [5.41, 5.74) is 5.88. The third-order valence-corrected chi connectivity index (χ3v) is 3.65. The van der Waals surface area contributed by atoms with E-state index in [2.05, 4.69) is 28.7 Å². The second-order valence-corrected chi connectivity index (χ2v) is 5.63. The molecule has 3 N–H and O–H groups in total. The Morgan fingerprint density at radius 3 is 2.95 bits per heavy atom. The maximum Gasteiger partial charge on any atom is 0.135 e. The van der Waals surface area contributed by atoms with E-state index in [0.29, 0.717) is 11.7 Å². The minimum atomic E-state index is 0.266. The highest BCUT2D eigenvalue weighted by Crippen LogP contribution is 2.25. The van der Waals surface area contributed by atoms with E-state index in [1.165, 1.54) is 6.42 Å². The Morgan fingerprint density at radius 2 is 2.26 bits per heavy atom. The zero-order valence-electron chi connectivity index (χ0n) is 11.8. The van der Waals surface area contributed by atoms with Gasteiger partial charge in [0.05, 0.1) is 0 Å². The summed E-state index contributed by atoms with van der Waals surface area (Å²) in [6.45, 7) is 6.37. The Morgan fingerprint density at radius 1 is 1.47 bits per heavy atom. The van der Waals surface area contributed by atoms with Gasteiger partial charge in [-0.25, -0.2) is 9.97 Å². The molecule has 1 saturated heterocycles. The van der Waals surface area contributed by atoms with E-state index in [9.17, 15) is 0 Å². The number of rotatable bonds is 4. The molecule has 0 bridgehead atoms. The van der Waals surface area contributed by atoms with E-state index in [4.69, 9.17) is 10.8 Å². The summed E-state index contributed by atoms with van der Waals surface area (Å²) in [5.74, 6) is 3.11. The molecule has 1 atom stereocenters. The van der Waals surface area contributed by atoms with Gasteiger partial charge in [-0.3, -0.25) is 0 Å². The highest BCUT2D eigenvalue weighted by atomic mass is 16.3. The number of aliphatic hydroxyl groups excluding tert-OH is 1. The van der Waals surface area contributed by atoms with Crippen LogP contribution in [0.25, 0.3) is 0 Å². The highest BCUT2D eigenvalue weighted by Gasteiger charge is 2.21. The predicted octanol–water partition coefficient (Wildman–Crippen LogP) is 1.78. The molecule has 106 valence electrons. The lowest BCUT2D eigenvalue weighted by Gasteiger charge is -2.33. The molecular formula is C14H24N4O. The maximum atomic E-state index is 9.07. The van der Waals surface area contributed by atoms with Crippen molar-refractivity contribution in [2.24, 2.45) is 5.92 Å². The van der Waals surface area contributed by atoms with Crippen LogP contribution in [0.1, 0.15) is 44.9 Å². The Labute approximate surface area is 114 Å². The van der Waals surface area contributed by atoms with Crippen LogP contribution in [0.3, 0.4) is 0 Å². The van der Waals surface area contributed by atoms with Crippen LogP contribution in [-0.4, -0.2) is 34.8 Å². The number of hydrogen-bond acceptors (Lipinski definition) is 5. The summed E-state index contributed by atoms with van der Waals surface area (Å²) in [4.78, 5) is 11.2. The van der Waals surface area contributed by atoms with Crippen LogP contribution in [0.4, 0.5) is 11.6 Å². The minimum Gasteiger partial charge on any atom is -0.396 e. The van der Waals surface area contributed by atoms with Crippen molar-refractivity contribution >= 4 is 11.6 Å². The van der Waals surface area contributed by atoms with Crippen molar-refractivity contribution in [2.75, 3.05) is 30.3 Å². The third kappa shape index (κ3) is 3.56. The molecule has 1 aliphatic heterocycles. The van der Waals surface area contributed by atoms with Crippen molar-refractivity contribution in [2.45, 2.75) is 39.0 Å². The third-order valence-electron chi connectivity index (χ3n) is 3.65. The van der Waals surface area contributed by atoms with Crippen molar-refractivity contribution in [1.82, 2.24) is 9.97 Å². The first-order chi connectivity index (χ1) is 9.10. The molecule has 19 heavy (non-hydrogen) atoms. The van der Waals surface area contributed by atoms with E-state index in [1.807, 2.05) is 6.07 Å². The standard InChI is InChI=1S/C14H24N4O/c1-10(2)14-16-12(15)8-13(17-14)18-6-3-4-11(9-18)5-7-19/h8,10-11,19H,3-7,9H2,1-2H3,(H2,15,16,17). The second kappa shape index (κ2) is 6.19. The second-order valence-electron chi connectivity index (χ2n) is 5.63. The molecule has 2 rings (SSSR count). The van der Waals surface area contributed by atoms with Crippen molar-refractivity contribution in [3.05, 3.63) is 11.9 Å². The molecule has 1 aliphatic rings. The summed E-state index contributed by atoms with van der Waals surface area (Å²) < 4.78 is 0. The van der Waals surface area contributed by atoms with Gasteiger partial charge in [0.15, 0.2) is 0 Å². The van der Waals surface area contributed by atoms with E-state index in [1.54, 1.807) is 0 Å². The first-order valence-corrected chi connectivity index (χ1v) is 7.10. The Balaban J connectivity index is 2.16. The van der Waals surface area contributed by atoms with E-state index in [-0.39, 0.29) is 12.5 Å². The fourth-order valence-corrected chi connectivity index (χ4v) is 2.58. The lowest BCUT2D eigenvalue weighted by molar-refractivity contribution is 0.244. The van der Waals surface area contributed by atoms with Gasteiger partial charge in [0, 0.05) is 31.7 Å². The van der Waals surface area contributed by atoms with Gasteiger partial charge in [-0.1, -0.05) is 13.8 Å². The van der Waals surface area contributed by atoms with Crippen molar-refractivity contribution < 1.29 is 5.11 Å². The molecule has 5 heteroatoms. The van der Waals surface area contributed by atoms with Crippen LogP contribution in [0, 0.1) is 5.92 Å². The number of nitrogens with zero attached hydrogens (tertiary/aromatic N) is 3. The first kappa shape index (κ1) is 14.1. The van der Waals surface area contributed by atoms with Crippen molar-refractivity contribution in [1.29, 1.82) is 0 Å². The van der Waals surface area contributed by atoms with E-state index in [0.717, 1.165) is 37.6 Å². The van der Waals surface area contributed by atoms with Gasteiger partial charge in [-0.15, -0.1) is 0 Å². The number of aromatic nitrogens is 2. The SMILES string of the molecule is CC(C)c1nc(N)cc(N2CCCC(CCO)C2)n1. The molecule has 1 unspecified atom stereocenters. The Hall–Kier alpha value is -1.36. The average molecular weight is 264 g/mol. The lowest BCUT2D eigenvalue weighted by Crippen LogP contribution is -2.36. The molecule has 0 aliphatic carbocycles. The molecular weight excluding hydrogens is 240 g/mol. The van der Waals surface area contributed by atoms with Crippen LogP contribution in [0.2, 0.25) is 0 Å². The van der Waals surface area contributed by atoms with Gasteiger partial charge < -0.3 is 15.7 Å². The molecule has 0 saturated carbocycles. The fraction of sp³-hybridized carbons (Fsp3) is 0.714. The van der Waals surface area contributed by atoms with Crippen molar-refractivity contribution in [3.63, 3.8) is 0 Å².